The topological polar surface area (TPSA) is 20.3 Å². The van der Waals surface area contributed by atoms with Gasteiger partial charge in [0.25, 0.3) is 0 Å². The zero-order valence-electron chi connectivity index (χ0n) is 10.7. The Kier molecular flexibility index (Phi) is 3.82. The fraction of sp³-hybridized carbons (Fsp3) is 0.533. The largest absolute Gasteiger partial charge is 0.335 e. The van der Waals surface area contributed by atoms with Crippen molar-refractivity contribution in [3.63, 3.8) is 0 Å². The summed E-state index contributed by atoms with van der Waals surface area (Å²) in [4.78, 5) is 14.4. The lowest BCUT2D eigenvalue weighted by molar-refractivity contribution is -0.136. The van der Waals surface area contributed by atoms with Crippen LogP contribution in [0.25, 0.3) is 0 Å². The van der Waals surface area contributed by atoms with Crippen LogP contribution >= 0.6 is 0 Å². The predicted octanol–water partition coefficient (Wildman–Crippen LogP) is 3.40. The third-order valence-electron chi connectivity index (χ3n) is 3.75. The van der Waals surface area contributed by atoms with Gasteiger partial charge in [-0.15, -0.1) is 0 Å². The van der Waals surface area contributed by atoms with Crippen molar-refractivity contribution in [1.82, 2.24) is 4.90 Å². The fourth-order valence-corrected chi connectivity index (χ4v) is 2.51. The Morgan fingerprint density at radius 3 is 2.76 bits per heavy atom. The molecular formula is C15H21NO. The molecule has 0 N–H and O–H groups in total. The summed E-state index contributed by atoms with van der Waals surface area (Å²) in [5, 5.41) is 0. The lowest BCUT2D eigenvalue weighted by atomic mass is 10.0. The summed E-state index contributed by atoms with van der Waals surface area (Å²) in [6.07, 6.45) is 3.16. The monoisotopic (exact) mass is 231 g/mol. The van der Waals surface area contributed by atoms with E-state index in [-0.39, 0.29) is 5.92 Å². The van der Waals surface area contributed by atoms with Gasteiger partial charge in [-0.25, -0.2) is 0 Å². The average molecular weight is 231 g/mol. The minimum Gasteiger partial charge on any atom is -0.335 e. The normalized spacial score (nSPS) is 21.5. The van der Waals surface area contributed by atoms with Gasteiger partial charge in [0, 0.05) is 12.5 Å². The van der Waals surface area contributed by atoms with Crippen molar-refractivity contribution in [2.45, 2.75) is 39.2 Å². The maximum absolute atomic E-state index is 12.3. The summed E-state index contributed by atoms with van der Waals surface area (Å²) >= 11 is 0. The summed E-state index contributed by atoms with van der Waals surface area (Å²) in [5.41, 5.74) is 1.28. The Morgan fingerprint density at radius 1 is 1.41 bits per heavy atom. The summed E-state index contributed by atoms with van der Waals surface area (Å²) < 4.78 is 0. The van der Waals surface area contributed by atoms with Crippen LogP contribution in [0, 0.1) is 5.92 Å². The first-order valence-electron chi connectivity index (χ1n) is 6.59. The number of benzene rings is 1. The molecule has 2 atom stereocenters. The molecule has 1 fully saturated rings. The maximum atomic E-state index is 12.3. The van der Waals surface area contributed by atoms with Crippen LogP contribution in [0.2, 0.25) is 0 Å². The molecule has 1 aromatic carbocycles. The standard InChI is InChI=1S/C15H21NO/c1-3-12(2)15(17)16-11-7-10-14(16)13-8-5-4-6-9-13/h4-6,8-9,12,14H,3,7,10-11H2,1-2H3. The van der Waals surface area contributed by atoms with Gasteiger partial charge < -0.3 is 4.90 Å². The van der Waals surface area contributed by atoms with E-state index in [2.05, 4.69) is 36.1 Å². The molecule has 1 aliphatic heterocycles. The van der Waals surface area contributed by atoms with E-state index >= 15 is 0 Å². The molecule has 0 bridgehead atoms. The SMILES string of the molecule is CCC(C)C(=O)N1CCCC1c1ccccc1. The van der Waals surface area contributed by atoms with Gasteiger partial charge in [0.05, 0.1) is 6.04 Å². The summed E-state index contributed by atoms with van der Waals surface area (Å²) in [7, 11) is 0. The van der Waals surface area contributed by atoms with Gasteiger partial charge in [-0.05, 0) is 24.8 Å². The second kappa shape index (κ2) is 5.35. The van der Waals surface area contributed by atoms with Crippen LogP contribution in [0.15, 0.2) is 30.3 Å². The van der Waals surface area contributed by atoms with Crippen LogP contribution in [0.5, 0.6) is 0 Å². The van der Waals surface area contributed by atoms with Gasteiger partial charge >= 0.3 is 0 Å². The fourth-order valence-electron chi connectivity index (χ4n) is 2.51. The number of hydrogen-bond donors (Lipinski definition) is 0. The van der Waals surface area contributed by atoms with Crippen LogP contribution in [-0.4, -0.2) is 17.4 Å². The van der Waals surface area contributed by atoms with Gasteiger partial charge in [-0.2, -0.15) is 0 Å². The third kappa shape index (κ3) is 2.51. The smallest absolute Gasteiger partial charge is 0.225 e. The van der Waals surface area contributed by atoms with Crippen molar-refractivity contribution in [2.75, 3.05) is 6.54 Å². The molecule has 17 heavy (non-hydrogen) atoms. The van der Waals surface area contributed by atoms with E-state index in [0.717, 1.165) is 25.8 Å². The van der Waals surface area contributed by atoms with Crippen molar-refractivity contribution >= 4 is 5.91 Å². The molecule has 92 valence electrons. The van der Waals surface area contributed by atoms with E-state index in [0.29, 0.717) is 11.9 Å². The van der Waals surface area contributed by atoms with Crippen LogP contribution in [0.4, 0.5) is 0 Å². The molecule has 1 amide bonds. The first-order chi connectivity index (χ1) is 8.24. The second-order valence-corrected chi connectivity index (χ2v) is 4.91. The molecule has 0 aromatic heterocycles. The molecule has 1 aliphatic rings. The lowest BCUT2D eigenvalue weighted by Gasteiger charge is -2.27. The predicted molar refractivity (Wildman–Crippen MR) is 69.6 cm³/mol. The Morgan fingerprint density at radius 2 is 2.12 bits per heavy atom. The first kappa shape index (κ1) is 12.2. The second-order valence-electron chi connectivity index (χ2n) is 4.91. The number of nitrogens with zero attached hydrogens (tertiary/aromatic N) is 1. The molecule has 2 nitrogen and oxygen atoms in total. The molecule has 1 heterocycles. The maximum Gasteiger partial charge on any atom is 0.225 e. The van der Waals surface area contributed by atoms with E-state index in [9.17, 15) is 4.79 Å². The highest BCUT2D eigenvalue weighted by atomic mass is 16.2. The molecule has 2 unspecified atom stereocenters. The molecule has 2 heteroatoms. The van der Waals surface area contributed by atoms with Crippen molar-refractivity contribution in [1.29, 1.82) is 0 Å². The Labute approximate surface area is 104 Å². The van der Waals surface area contributed by atoms with Crippen LogP contribution in [-0.2, 0) is 4.79 Å². The summed E-state index contributed by atoms with van der Waals surface area (Å²) in [6, 6.07) is 10.7. The quantitative estimate of drug-likeness (QED) is 0.780. The molecule has 0 aliphatic carbocycles. The highest BCUT2D eigenvalue weighted by Crippen LogP contribution is 2.33. The van der Waals surface area contributed by atoms with Crippen LogP contribution in [0.1, 0.15) is 44.7 Å². The molecular weight excluding hydrogens is 210 g/mol. The van der Waals surface area contributed by atoms with E-state index < -0.39 is 0 Å². The molecule has 0 spiro atoms. The molecule has 1 saturated heterocycles. The number of rotatable bonds is 3. The molecule has 0 radical (unpaired) electrons. The average Bonchev–Trinajstić information content (AvgIpc) is 2.87. The zero-order chi connectivity index (χ0) is 12.3. The number of likely N-dealkylation sites (tertiary alicyclic amines) is 1. The molecule has 0 saturated carbocycles. The highest BCUT2D eigenvalue weighted by molar-refractivity contribution is 5.79. The zero-order valence-corrected chi connectivity index (χ0v) is 10.7. The van der Waals surface area contributed by atoms with E-state index in [1.807, 2.05) is 13.0 Å². The van der Waals surface area contributed by atoms with Gasteiger partial charge in [0.1, 0.15) is 0 Å². The van der Waals surface area contributed by atoms with Crippen LogP contribution in [0.3, 0.4) is 0 Å². The highest BCUT2D eigenvalue weighted by Gasteiger charge is 2.31. The van der Waals surface area contributed by atoms with Gasteiger partial charge in [0.2, 0.25) is 5.91 Å². The molecule has 2 rings (SSSR count). The van der Waals surface area contributed by atoms with E-state index in [1.165, 1.54) is 5.56 Å². The van der Waals surface area contributed by atoms with Gasteiger partial charge in [-0.1, -0.05) is 44.2 Å². The summed E-state index contributed by atoms with van der Waals surface area (Å²) in [5.74, 6) is 0.471. The van der Waals surface area contributed by atoms with Crippen molar-refractivity contribution in [2.24, 2.45) is 5.92 Å². The lowest BCUT2D eigenvalue weighted by Crippen LogP contribution is -2.34. The number of hydrogen-bond acceptors (Lipinski definition) is 1. The third-order valence-corrected chi connectivity index (χ3v) is 3.75. The Bertz CT molecular complexity index is 374. The first-order valence-corrected chi connectivity index (χ1v) is 6.59. The Hall–Kier alpha value is -1.31. The van der Waals surface area contributed by atoms with Gasteiger partial charge in [0.15, 0.2) is 0 Å². The minimum atomic E-state index is 0.152. The summed E-state index contributed by atoms with van der Waals surface area (Å²) in [6.45, 7) is 5.03. The van der Waals surface area contributed by atoms with Crippen molar-refractivity contribution in [3.05, 3.63) is 35.9 Å². The van der Waals surface area contributed by atoms with E-state index in [1.54, 1.807) is 0 Å². The number of carbonyl (C=O) groups is 1. The minimum absolute atomic E-state index is 0.152. The van der Waals surface area contributed by atoms with E-state index in [4.69, 9.17) is 0 Å². The van der Waals surface area contributed by atoms with Crippen molar-refractivity contribution < 1.29 is 4.79 Å². The molecule has 1 aromatic rings. The Balaban J connectivity index is 2.15. The number of carbonyl (C=O) groups excluding carboxylic acids is 1. The van der Waals surface area contributed by atoms with Gasteiger partial charge in [-0.3, -0.25) is 4.79 Å². The van der Waals surface area contributed by atoms with Crippen molar-refractivity contribution in [3.8, 4) is 0 Å². The van der Waals surface area contributed by atoms with Crippen LogP contribution < -0.4 is 0 Å². The number of amides is 1.